The fourth-order valence-corrected chi connectivity index (χ4v) is 2.59. The van der Waals surface area contributed by atoms with Crippen LogP contribution in [0, 0.1) is 6.92 Å². The van der Waals surface area contributed by atoms with Gasteiger partial charge in [-0.1, -0.05) is 15.9 Å². The van der Waals surface area contributed by atoms with Gasteiger partial charge in [0.2, 0.25) is 0 Å². The third-order valence-electron chi connectivity index (χ3n) is 2.15. The maximum Gasteiger partial charge on any atom is 0.336 e. The Labute approximate surface area is 117 Å². The molecule has 4 nitrogen and oxygen atoms in total. The maximum absolute atomic E-state index is 11.2. The van der Waals surface area contributed by atoms with Crippen molar-refractivity contribution in [2.75, 3.05) is 0 Å². The second kappa shape index (κ2) is 5.49. The van der Waals surface area contributed by atoms with Crippen molar-refractivity contribution in [1.82, 2.24) is 9.97 Å². The smallest absolute Gasteiger partial charge is 0.336 e. The van der Waals surface area contributed by atoms with E-state index < -0.39 is 5.97 Å². The molecule has 0 saturated heterocycles. The molecule has 0 unspecified atom stereocenters. The van der Waals surface area contributed by atoms with Crippen LogP contribution < -0.4 is 0 Å². The Hall–Kier alpha value is -1.40. The number of rotatable bonds is 3. The van der Waals surface area contributed by atoms with Crippen molar-refractivity contribution in [1.29, 1.82) is 0 Å². The average molecular weight is 325 g/mol. The summed E-state index contributed by atoms with van der Waals surface area (Å²) in [6, 6.07) is 6.90. The first-order valence-corrected chi connectivity index (χ1v) is 6.67. The van der Waals surface area contributed by atoms with E-state index in [0.29, 0.717) is 10.1 Å². The van der Waals surface area contributed by atoms with Gasteiger partial charge in [0.1, 0.15) is 0 Å². The summed E-state index contributed by atoms with van der Waals surface area (Å²) in [5.74, 6) is -0.966. The zero-order chi connectivity index (χ0) is 13.1. The van der Waals surface area contributed by atoms with Crippen LogP contribution in [0.5, 0.6) is 0 Å². The normalized spacial score (nSPS) is 10.3. The Balaban J connectivity index is 2.37. The van der Waals surface area contributed by atoms with E-state index in [1.807, 2.05) is 6.92 Å². The van der Waals surface area contributed by atoms with Crippen LogP contribution in [0.2, 0.25) is 0 Å². The molecule has 0 aliphatic carbocycles. The summed E-state index contributed by atoms with van der Waals surface area (Å²) in [6.45, 7) is 1.87. The zero-order valence-electron chi connectivity index (χ0n) is 9.42. The highest BCUT2D eigenvalue weighted by Crippen LogP contribution is 2.30. The number of halogens is 1. The van der Waals surface area contributed by atoms with Gasteiger partial charge in [0.15, 0.2) is 5.16 Å². The number of carboxylic acid groups (broad SMARTS) is 1. The number of aromatic nitrogens is 2. The summed E-state index contributed by atoms with van der Waals surface area (Å²) >= 11 is 4.50. The Kier molecular flexibility index (Phi) is 3.98. The molecule has 1 aromatic heterocycles. The van der Waals surface area contributed by atoms with Crippen molar-refractivity contribution in [2.45, 2.75) is 17.0 Å². The fraction of sp³-hybridized carbons (Fsp3) is 0.0833. The molecule has 0 fully saturated rings. The SMILES string of the molecule is Cc1ccnc(Sc2ccc(Br)cc2C(=O)O)n1. The molecular formula is C12H9BrN2O2S. The number of nitrogens with zero attached hydrogens (tertiary/aromatic N) is 2. The Morgan fingerprint density at radius 1 is 1.39 bits per heavy atom. The van der Waals surface area contributed by atoms with E-state index in [1.165, 1.54) is 11.8 Å². The number of carbonyl (C=O) groups is 1. The molecule has 2 rings (SSSR count). The van der Waals surface area contributed by atoms with Crippen molar-refractivity contribution in [2.24, 2.45) is 0 Å². The monoisotopic (exact) mass is 324 g/mol. The van der Waals surface area contributed by atoms with E-state index in [-0.39, 0.29) is 5.56 Å². The molecule has 0 aliphatic heterocycles. The van der Waals surface area contributed by atoms with Gasteiger partial charge in [0, 0.05) is 21.3 Å². The summed E-state index contributed by atoms with van der Waals surface area (Å²) < 4.78 is 0.731. The summed E-state index contributed by atoms with van der Waals surface area (Å²) in [6.07, 6.45) is 1.66. The number of aryl methyl sites for hydroxylation is 1. The van der Waals surface area contributed by atoms with Gasteiger partial charge in [-0.05, 0) is 43.0 Å². The first-order valence-electron chi connectivity index (χ1n) is 5.06. The molecule has 18 heavy (non-hydrogen) atoms. The number of hydrogen-bond acceptors (Lipinski definition) is 4. The minimum absolute atomic E-state index is 0.236. The van der Waals surface area contributed by atoms with Gasteiger partial charge in [0.05, 0.1) is 5.56 Å². The van der Waals surface area contributed by atoms with Crippen LogP contribution in [-0.4, -0.2) is 21.0 Å². The average Bonchev–Trinajstić information content (AvgIpc) is 2.31. The Morgan fingerprint density at radius 3 is 2.83 bits per heavy atom. The molecule has 0 spiro atoms. The molecule has 0 bridgehead atoms. The standard InChI is InChI=1S/C12H9BrN2O2S/c1-7-4-5-14-12(15-7)18-10-3-2-8(13)6-9(10)11(16)17/h2-6H,1H3,(H,16,17). The van der Waals surface area contributed by atoms with E-state index >= 15 is 0 Å². The predicted molar refractivity (Wildman–Crippen MR) is 72.0 cm³/mol. The van der Waals surface area contributed by atoms with Gasteiger partial charge < -0.3 is 5.11 Å². The first kappa shape index (κ1) is 13.0. The van der Waals surface area contributed by atoms with Gasteiger partial charge >= 0.3 is 5.97 Å². The lowest BCUT2D eigenvalue weighted by atomic mass is 10.2. The lowest BCUT2D eigenvalue weighted by Crippen LogP contribution is -1.99. The zero-order valence-corrected chi connectivity index (χ0v) is 11.8. The van der Waals surface area contributed by atoms with Crippen molar-refractivity contribution >= 4 is 33.7 Å². The largest absolute Gasteiger partial charge is 0.478 e. The highest BCUT2D eigenvalue weighted by molar-refractivity contribution is 9.10. The van der Waals surface area contributed by atoms with E-state index in [9.17, 15) is 4.79 Å². The summed E-state index contributed by atoms with van der Waals surface area (Å²) in [7, 11) is 0. The molecule has 1 N–H and O–H groups in total. The molecule has 2 aromatic rings. The van der Waals surface area contributed by atoms with Crippen molar-refractivity contribution in [3.63, 3.8) is 0 Å². The van der Waals surface area contributed by atoms with Crippen LogP contribution in [-0.2, 0) is 0 Å². The highest BCUT2D eigenvalue weighted by Gasteiger charge is 2.12. The lowest BCUT2D eigenvalue weighted by Gasteiger charge is -2.05. The molecular weight excluding hydrogens is 316 g/mol. The lowest BCUT2D eigenvalue weighted by molar-refractivity contribution is 0.0693. The molecule has 1 aromatic carbocycles. The van der Waals surface area contributed by atoms with Crippen molar-refractivity contribution in [3.8, 4) is 0 Å². The molecule has 1 heterocycles. The number of carboxylic acids is 1. The topological polar surface area (TPSA) is 63.1 Å². The third-order valence-corrected chi connectivity index (χ3v) is 3.59. The van der Waals surface area contributed by atoms with Crippen LogP contribution in [0.3, 0.4) is 0 Å². The predicted octanol–water partition coefficient (Wildman–Crippen LogP) is 3.40. The van der Waals surface area contributed by atoms with Gasteiger partial charge in [0.25, 0.3) is 0 Å². The van der Waals surface area contributed by atoms with Gasteiger partial charge in [-0.15, -0.1) is 0 Å². The third kappa shape index (κ3) is 3.08. The number of benzene rings is 1. The fourth-order valence-electron chi connectivity index (χ4n) is 1.33. The van der Waals surface area contributed by atoms with Crippen LogP contribution >= 0.6 is 27.7 Å². The van der Waals surface area contributed by atoms with E-state index in [4.69, 9.17) is 5.11 Å². The quantitative estimate of drug-likeness (QED) is 0.877. The second-order valence-electron chi connectivity index (χ2n) is 3.53. The molecule has 0 atom stereocenters. The van der Waals surface area contributed by atoms with Crippen LogP contribution in [0.15, 0.2) is 45.0 Å². The summed E-state index contributed by atoms with van der Waals surface area (Å²) in [5, 5.41) is 9.69. The molecule has 0 aliphatic rings. The van der Waals surface area contributed by atoms with E-state index in [1.54, 1.807) is 30.5 Å². The van der Waals surface area contributed by atoms with Gasteiger partial charge in [-0.2, -0.15) is 0 Å². The Bertz CT molecular complexity index is 604. The second-order valence-corrected chi connectivity index (χ2v) is 5.45. The molecule has 6 heteroatoms. The van der Waals surface area contributed by atoms with Crippen molar-refractivity contribution < 1.29 is 9.90 Å². The van der Waals surface area contributed by atoms with Crippen LogP contribution in [0.25, 0.3) is 0 Å². The highest BCUT2D eigenvalue weighted by atomic mass is 79.9. The first-order chi connectivity index (χ1) is 8.56. The maximum atomic E-state index is 11.2. The molecule has 92 valence electrons. The Morgan fingerprint density at radius 2 is 2.17 bits per heavy atom. The van der Waals surface area contributed by atoms with E-state index in [2.05, 4.69) is 25.9 Å². The molecule has 0 amide bonds. The van der Waals surface area contributed by atoms with E-state index in [0.717, 1.165) is 10.2 Å². The number of aromatic carboxylic acids is 1. The number of hydrogen-bond donors (Lipinski definition) is 1. The summed E-state index contributed by atoms with van der Waals surface area (Å²) in [5.41, 5.74) is 1.08. The van der Waals surface area contributed by atoms with Crippen LogP contribution in [0.4, 0.5) is 0 Å². The summed E-state index contributed by atoms with van der Waals surface area (Å²) in [4.78, 5) is 20.1. The minimum Gasteiger partial charge on any atom is -0.478 e. The molecule has 0 radical (unpaired) electrons. The van der Waals surface area contributed by atoms with Crippen molar-refractivity contribution in [3.05, 3.63) is 46.2 Å². The van der Waals surface area contributed by atoms with Gasteiger partial charge in [-0.3, -0.25) is 0 Å². The van der Waals surface area contributed by atoms with Gasteiger partial charge in [-0.25, -0.2) is 14.8 Å². The van der Waals surface area contributed by atoms with Crippen LogP contribution in [0.1, 0.15) is 16.1 Å². The minimum atomic E-state index is -0.966. The molecule has 0 saturated carbocycles.